The third kappa shape index (κ3) is 7.44. The van der Waals surface area contributed by atoms with Gasteiger partial charge in [0.05, 0.1) is 6.21 Å². The van der Waals surface area contributed by atoms with Gasteiger partial charge in [-0.05, 0) is 36.8 Å². The molecular formula is C25H25N3O3. The van der Waals surface area contributed by atoms with Crippen LogP contribution in [0.3, 0.4) is 0 Å². The molecule has 0 aliphatic carbocycles. The van der Waals surface area contributed by atoms with Gasteiger partial charge in [-0.3, -0.25) is 9.59 Å². The molecule has 0 fully saturated rings. The van der Waals surface area contributed by atoms with Gasteiger partial charge in [0.15, 0.2) is 0 Å². The lowest BCUT2D eigenvalue weighted by Gasteiger charge is -2.09. The van der Waals surface area contributed by atoms with E-state index in [9.17, 15) is 9.59 Å². The van der Waals surface area contributed by atoms with Crippen LogP contribution in [0.2, 0.25) is 0 Å². The van der Waals surface area contributed by atoms with Crippen LogP contribution in [0, 0.1) is 6.92 Å². The molecule has 0 heterocycles. The fourth-order valence-corrected chi connectivity index (χ4v) is 2.77. The lowest BCUT2D eigenvalue weighted by molar-refractivity contribution is -0.124. The van der Waals surface area contributed by atoms with Crippen LogP contribution in [-0.2, 0) is 16.2 Å². The summed E-state index contributed by atoms with van der Waals surface area (Å²) in [4.78, 5) is 24.0. The van der Waals surface area contributed by atoms with Gasteiger partial charge >= 0.3 is 0 Å². The van der Waals surface area contributed by atoms with E-state index in [1.54, 1.807) is 0 Å². The number of carbonyl (C=O) groups excluding carboxylic acids is 2. The average molecular weight is 415 g/mol. The zero-order valence-corrected chi connectivity index (χ0v) is 17.4. The first-order chi connectivity index (χ1) is 15.1. The highest BCUT2D eigenvalue weighted by Gasteiger charge is 2.07. The molecule has 0 aliphatic heterocycles. The van der Waals surface area contributed by atoms with Crippen LogP contribution in [0.5, 0.6) is 5.75 Å². The number of aryl methyl sites for hydroxylation is 1. The highest BCUT2D eigenvalue weighted by Crippen LogP contribution is 2.17. The van der Waals surface area contributed by atoms with Gasteiger partial charge < -0.3 is 10.1 Å². The predicted molar refractivity (Wildman–Crippen MR) is 122 cm³/mol. The second kappa shape index (κ2) is 11.3. The molecule has 2 N–H and O–H groups in total. The van der Waals surface area contributed by atoms with Crippen molar-refractivity contribution in [3.8, 4) is 5.75 Å². The monoisotopic (exact) mass is 415 g/mol. The topological polar surface area (TPSA) is 79.8 Å². The number of para-hydroxylation sites is 1. The Morgan fingerprint density at radius 3 is 2.32 bits per heavy atom. The fraction of sp³-hybridized carbons (Fsp3) is 0.160. The molecule has 2 amide bonds. The van der Waals surface area contributed by atoms with Gasteiger partial charge in [-0.25, -0.2) is 5.43 Å². The van der Waals surface area contributed by atoms with E-state index in [4.69, 9.17) is 4.74 Å². The smallest absolute Gasteiger partial charge is 0.240 e. The second-order valence-corrected chi connectivity index (χ2v) is 7.02. The Balaban J connectivity index is 1.45. The van der Waals surface area contributed by atoms with Crippen LogP contribution in [0.1, 0.15) is 29.5 Å². The Morgan fingerprint density at radius 1 is 0.871 bits per heavy atom. The second-order valence-electron chi connectivity index (χ2n) is 7.02. The van der Waals surface area contributed by atoms with Gasteiger partial charge in [-0.2, -0.15) is 5.10 Å². The number of nitrogens with one attached hydrogen (secondary N) is 2. The SMILES string of the molecule is Cc1ccc(NC(=O)CCC(=O)NN=Cc2ccccc2OCc2ccccc2)cc1. The van der Waals surface area contributed by atoms with Crippen molar-refractivity contribution in [2.75, 3.05) is 5.32 Å². The quantitative estimate of drug-likeness (QED) is 0.400. The maximum Gasteiger partial charge on any atom is 0.240 e. The van der Waals surface area contributed by atoms with Crippen molar-refractivity contribution in [1.82, 2.24) is 5.43 Å². The summed E-state index contributed by atoms with van der Waals surface area (Å²) in [6.07, 6.45) is 1.65. The Hall–Kier alpha value is -3.93. The fourth-order valence-electron chi connectivity index (χ4n) is 2.77. The van der Waals surface area contributed by atoms with Gasteiger partial charge in [0.25, 0.3) is 0 Å². The molecule has 0 atom stereocenters. The Kier molecular flexibility index (Phi) is 7.94. The Morgan fingerprint density at radius 2 is 1.55 bits per heavy atom. The van der Waals surface area contributed by atoms with Crippen LogP contribution in [0.15, 0.2) is 84.0 Å². The first-order valence-corrected chi connectivity index (χ1v) is 10.0. The minimum atomic E-state index is -0.335. The van der Waals surface area contributed by atoms with Gasteiger partial charge in [-0.15, -0.1) is 0 Å². The molecule has 3 aromatic rings. The van der Waals surface area contributed by atoms with Crippen molar-refractivity contribution in [3.05, 3.63) is 95.6 Å². The van der Waals surface area contributed by atoms with E-state index < -0.39 is 0 Å². The van der Waals surface area contributed by atoms with Gasteiger partial charge in [0, 0.05) is 24.1 Å². The van der Waals surface area contributed by atoms with E-state index in [1.807, 2.05) is 85.8 Å². The Bertz CT molecular complexity index is 1030. The molecule has 3 rings (SSSR count). The van der Waals surface area contributed by atoms with Crippen LogP contribution in [0.4, 0.5) is 5.69 Å². The largest absolute Gasteiger partial charge is 0.488 e. The molecule has 0 aliphatic rings. The third-order valence-electron chi connectivity index (χ3n) is 4.46. The summed E-state index contributed by atoms with van der Waals surface area (Å²) in [5.41, 5.74) is 6.08. The van der Waals surface area contributed by atoms with Crippen molar-refractivity contribution >= 4 is 23.7 Å². The number of ether oxygens (including phenoxy) is 1. The lowest BCUT2D eigenvalue weighted by atomic mass is 10.2. The van der Waals surface area contributed by atoms with Crippen molar-refractivity contribution < 1.29 is 14.3 Å². The summed E-state index contributed by atoms with van der Waals surface area (Å²) in [5, 5.41) is 6.76. The molecule has 0 spiro atoms. The summed E-state index contributed by atoms with van der Waals surface area (Å²) in [6.45, 7) is 2.42. The number of rotatable bonds is 9. The summed E-state index contributed by atoms with van der Waals surface area (Å²) in [6, 6.07) is 24.8. The molecule has 6 nitrogen and oxygen atoms in total. The first-order valence-electron chi connectivity index (χ1n) is 10.0. The summed E-state index contributed by atoms with van der Waals surface area (Å²) >= 11 is 0. The number of nitrogens with zero attached hydrogens (tertiary/aromatic N) is 1. The lowest BCUT2D eigenvalue weighted by Crippen LogP contribution is -2.20. The summed E-state index contributed by atoms with van der Waals surface area (Å²) in [7, 11) is 0. The molecule has 0 radical (unpaired) electrons. The number of hydrazone groups is 1. The normalized spacial score (nSPS) is 10.6. The van der Waals surface area contributed by atoms with Crippen LogP contribution < -0.4 is 15.5 Å². The zero-order valence-electron chi connectivity index (χ0n) is 17.4. The summed E-state index contributed by atoms with van der Waals surface area (Å²) < 4.78 is 5.87. The number of anilines is 1. The summed E-state index contributed by atoms with van der Waals surface area (Å²) in [5.74, 6) is 0.113. The minimum absolute atomic E-state index is 0.0428. The minimum Gasteiger partial charge on any atom is -0.488 e. The highest BCUT2D eigenvalue weighted by atomic mass is 16.5. The van der Waals surface area contributed by atoms with E-state index in [2.05, 4.69) is 15.8 Å². The number of amides is 2. The van der Waals surface area contributed by atoms with E-state index in [0.29, 0.717) is 18.0 Å². The van der Waals surface area contributed by atoms with E-state index >= 15 is 0 Å². The standard InChI is InChI=1S/C25H25N3O3/c1-19-11-13-22(14-12-19)27-24(29)15-16-25(30)28-26-17-21-9-5-6-10-23(21)31-18-20-7-3-2-4-8-20/h2-14,17H,15-16,18H2,1H3,(H,27,29)(H,28,30). The van der Waals surface area contributed by atoms with Crippen LogP contribution >= 0.6 is 0 Å². The molecule has 0 saturated heterocycles. The first kappa shape index (κ1) is 21.8. The number of hydrogen-bond donors (Lipinski definition) is 2. The molecule has 6 heteroatoms. The van der Waals surface area contributed by atoms with Crippen LogP contribution in [0.25, 0.3) is 0 Å². The van der Waals surface area contributed by atoms with Crippen molar-refractivity contribution in [1.29, 1.82) is 0 Å². The molecule has 0 unspecified atom stereocenters. The third-order valence-corrected chi connectivity index (χ3v) is 4.46. The molecule has 31 heavy (non-hydrogen) atoms. The maximum absolute atomic E-state index is 12.0. The van der Waals surface area contributed by atoms with Crippen molar-refractivity contribution in [3.63, 3.8) is 0 Å². The zero-order chi connectivity index (χ0) is 21.9. The average Bonchev–Trinajstić information content (AvgIpc) is 2.79. The van der Waals surface area contributed by atoms with Gasteiger partial charge in [0.2, 0.25) is 11.8 Å². The molecule has 0 bridgehead atoms. The molecule has 158 valence electrons. The molecule has 0 saturated carbocycles. The predicted octanol–water partition coefficient (Wildman–Crippen LogP) is 4.44. The van der Waals surface area contributed by atoms with E-state index in [1.165, 1.54) is 6.21 Å². The van der Waals surface area contributed by atoms with E-state index in [-0.39, 0.29) is 24.7 Å². The van der Waals surface area contributed by atoms with E-state index in [0.717, 1.165) is 16.7 Å². The van der Waals surface area contributed by atoms with Crippen molar-refractivity contribution in [2.45, 2.75) is 26.4 Å². The maximum atomic E-state index is 12.0. The van der Waals surface area contributed by atoms with Crippen LogP contribution in [-0.4, -0.2) is 18.0 Å². The van der Waals surface area contributed by atoms with Gasteiger partial charge in [-0.1, -0.05) is 60.2 Å². The number of hydrogen-bond acceptors (Lipinski definition) is 4. The van der Waals surface area contributed by atoms with Gasteiger partial charge in [0.1, 0.15) is 12.4 Å². The molecule has 0 aromatic heterocycles. The number of benzene rings is 3. The number of carbonyl (C=O) groups is 2. The molecular weight excluding hydrogens is 390 g/mol. The van der Waals surface area contributed by atoms with Crippen molar-refractivity contribution in [2.24, 2.45) is 5.10 Å². The molecule has 3 aromatic carbocycles. The highest BCUT2D eigenvalue weighted by molar-refractivity contribution is 5.93. The Labute approximate surface area is 182 Å².